The molecule has 0 saturated carbocycles. The second-order valence-corrected chi connectivity index (χ2v) is 8.10. The lowest BCUT2D eigenvalue weighted by Gasteiger charge is -2.10. The van der Waals surface area contributed by atoms with Crippen molar-refractivity contribution in [1.29, 1.82) is 0 Å². The van der Waals surface area contributed by atoms with Crippen LogP contribution in [0.4, 0.5) is 5.69 Å². The fourth-order valence-electron chi connectivity index (χ4n) is 3.51. The number of pyridine rings is 1. The highest BCUT2D eigenvalue weighted by Gasteiger charge is 2.13. The topological polar surface area (TPSA) is 106 Å². The summed E-state index contributed by atoms with van der Waals surface area (Å²) in [6, 6.07) is 15.0. The predicted molar refractivity (Wildman–Crippen MR) is 126 cm³/mol. The minimum atomic E-state index is -0.591. The molecule has 2 aromatic carbocycles. The summed E-state index contributed by atoms with van der Waals surface area (Å²) in [7, 11) is 0. The average Bonchev–Trinajstić information content (AvgIpc) is 3.42. The summed E-state index contributed by atoms with van der Waals surface area (Å²) in [6.45, 7) is 0.619. The van der Waals surface area contributed by atoms with Gasteiger partial charge in [0.25, 0.3) is 5.91 Å². The number of hydrogen-bond donors (Lipinski definition) is 2. The van der Waals surface area contributed by atoms with Gasteiger partial charge in [0.15, 0.2) is 5.82 Å². The molecule has 2 N–H and O–H groups in total. The first-order chi connectivity index (χ1) is 16.0. The Bertz CT molecular complexity index is 1520. The quantitative estimate of drug-likeness (QED) is 0.369. The molecular formula is C23H15Cl2N5O3. The Morgan fingerprint density at radius 2 is 1.82 bits per heavy atom. The van der Waals surface area contributed by atoms with E-state index in [-0.39, 0.29) is 16.0 Å². The molecule has 0 radical (unpaired) electrons. The van der Waals surface area contributed by atoms with Gasteiger partial charge in [0.2, 0.25) is 0 Å². The predicted octanol–water partition coefficient (Wildman–Crippen LogP) is 4.99. The van der Waals surface area contributed by atoms with Gasteiger partial charge in [0.05, 0.1) is 15.7 Å². The van der Waals surface area contributed by atoms with Crippen LogP contribution in [0.2, 0.25) is 10.0 Å². The van der Waals surface area contributed by atoms with Crippen molar-refractivity contribution in [3.63, 3.8) is 0 Å². The molecule has 164 valence electrons. The van der Waals surface area contributed by atoms with Crippen molar-refractivity contribution in [2.45, 2.75) is 6.54 Å². The molecule has 8 nitrogen and oxygen atoms in total. The van der Waals surface area contributed by atoms with Gasteiger partial charge in [-0.25, -0.2) is 4.79 Å². The summed E-state index contributed by atoms with van der Waals surface area (Å²) in [5.41, 5.74) is 3.61. The van der Waals surface area contributed by atoms with Crippen molar-refractivity contribution < 1.29 is 9.32 Å². The molecule has 1 amide bonds. The SMILES string of the molecule is O=C(Nc1c(Cl)cncc1Cl)c1ccc(Cn2ccc3cc(-c4noc(=O)[nH]4)ccc32)cc1. The van der Waals surface area contributed by atoms with Crippen LogP contribution in [-0.2, 0) is 6.54 Å². The number of amides is 1. The number of aromatic nitrogens is 4. The second-order valence-electron chi connectivity index (χ2n) is 7.29. The summed E-state index contributed by atoms with van der Waals surface area (Å²) < 4.78 is 6.67. The molecule has 5 aromatic rings. The van der Waals surface area contributed by atoms with Crippen molar-refractivity contribution in [2.24, 2.45) is 0 Å². The first-order valence-electron chi connectivity index (χ1n) is 9.82. The molecule has 5 rings (SSSR count). The van der Waals surface area contributed by atoms with Gasteiger partial charge in [-0.3, -0.25) is 19.3 Å². The maximum atomic E-state index is 12.6. The van der Waals surface area contributed by atoms with Gasteiger partial charge in [-0.1, -0.05) is 40.5 Å². The maximum absolute atomic E-state index is 12.6. The Morgan fingerprint density at radius 3 is 2.52 bits per heavy atom. The Morgan fingerprint density at radius 1 is 1.06 bits per heavy atom. The molecular weight excluding hydrogens is 465 g/mol. The van der Waals surface area contributed by atoms with E-state index in [9.17, 15) is 9.59 Å². The van der Waals surface area contributed by atoms with E-state index in [4.69, 9.17) is 23.2 Å². The number of aromatic amines is 1. The highest BCUT2D eigenvalue weighted by Crippen LogP contribution is 2.29. The van der Waals surface area contributed by atoms with E-state index in [1.807, 2.05) is 42.6 Å². The van der Waals surface area contributed by atoms with Gasteiger partial charge >= 0.3 is 5.76 Å². The van der Waals surface area contributed by atoms with E-state index >= 15 is 0 Å². The highest BCUT2D eigenvalue weighted by molar-refractivity contribution is 6.39. The lowest BCUT2D eigenvalue weighted by molar-refractivity contribution is 0.102. The normalized spacial score (nSPS) is 11.1. The Balaban J connectivity index is 1.33. The smallest absolute Gasteiger partial charge is 0.343 e. The van der Waals surface area contributed by atoms with E-state index in [2.05, 4.69) is 29.5 Å². The molecule has 33 heavy (non-hydrogen) atoms. The van der Waals surface area contributed by atoms with Crippen molar-refractivity contribution >= 4 is 45.7 Å². The average molecular weight is 480 g/mol. The summed E-state index contributed by atoms with van der Waals surface area (Å²) in [4.78, 5) is 30.2. The van der Waals surface area contributed by atoms with Gasteiger partial charge in [0, 0.05) is 47.2 Å². The van der Waals surface area contributed by atoms with E-state index in [1.165, 1.54) is 12.4 Å². The zero-order valence-corrected chi connectivity index (χ0v) is 18.4. The van der Waals surface area contributed by atoms with Crippen molar-refractivity contribution in [2.75, 3.05) is 5.32 Å². The number of carbonyl (C=O) groups is 1. The lowest BCUT2D eigenvalue weighted by Crippen LogP contribution is -2.13. The summed E-state index contributed by atoms with van der Waals surface area (Å²) in [5.74, 6) is -0.522. The number of rotatable bonds is 5. The molecule has 0 aliphatic rings. The van der Waals surface area contributed by atoms with Gasteiger partial charge in [-0.15, -0.1) is 0 Å². The molecule has 0 aliphatic heterocycles. The Hall–Kier alpha value is -3.88. The molecule has 3 heterocycles. The number of H-pyrrole nitrogens is 1. The number of carbonyl (C=O) groups excluding carboxylic acids is 1. The molecule has 3 aromatic heterocycles. The number of fused-ring (bicyclic) bond motifs is 1. The monoisotopic (exact) mass is 479 g/mol. The van der Waals surface area contributed by atoms with Crippen LogP contribution in [0.25, 0.3) is 22.3 Å². The Kier molecular flexibility index (Phi) is 5.45. The molecule has 0 unspecified atom stereocenters. The minimum absolute atomic E-state index is 0.269. The summed E-state index contributed by atoms with van der Waals surface area (Å²) in [6.07, 6.45) is 4.82. The van der Waals surface area contributed by atoms with Crippen molar-refractivity contribution in [3.8, 4) is 11.4 Å². The first-order valence-corrected chi connectivity index (χ1v) is 10.6. The van der Waals surface area contributed by atoms with E-state index in [0.29, 0.717) is 23.6 Å². The second kappa shape index (κ2) is 8.57. The number of nitrogens with zero attached hydrogens (tertiary/aromatic N) is 3. The van der Waals surface area contributed by atoms with E-state index in [1.54, 1.807) is 12.1 Å². The van der Waals surface area contributed by atoms with Crippen LogP contribution < -0.4 is 11.1 Å². The molecule has 0 spiro atoms. The van der Waals surface area contributed by atoms with Gasteiger partial charge in [-0.05, 0) is 42.0 Å². The number of benzene rings is 2. The standard InChI is InChI=1S/C23H15Cl2N5O3/c24-17-10-26-11-18(25)20(17)27-22(31)14-3-1-13(2-4-14)12-30-8-7-15-9-16(5-6-19(15)30)21-28-23(32)33-29-21/h1-11H,12H2,(H,26,27,31)(H,28,29,32). The third-order valence-electron chi connectivity index (χ3n) is 5.15. The van der Waals surface area contributed by atoms with E-state index in [0.717, 1.165) is 22.0 Å². The molecule has 10 heteroatoms. The first kappa shape index (κ1) is 21.0. The third kappa shape index (κ3) is 4.26. The molecule has 0 fully saturated rings. The summed E-state index contributed by atoms with van der Waals surface area (Å²) in [5, 5.41) is 7.98. The summed E-state index contributed by atoms with van der Waals surface area (Å²) >= 11 is 12.1. The molecule has 0 atom stereocenters. The van der Waals surface area contributed by atoms with Gasteiger partial charge < -0.3 is 9.88 Å². The molecule has 0 aliphatic carbocycles. The fraction of sp³-hybridized carbons (Fsp3) is 0.0435. The number of anilines is 1. The minimum Gasteiger partial charge on any atom is -0.343 e. The van der Waals surface area contributed by atoms with Crippen molar-refractivity contribution in [1.82, 2.24) is 19.7 Å². The van der Waals surface area contributed by atoms with Crippen LogP contribution in [0.1, 0.15) is 15.9 Å². The van der Waals surface area contributed by atoms with Gasteiger partial charge in [0.1, 0.15) is 0 Å². The number of hydrogen-bond acceptors (Lipinski definition) is 5. The van der Waals surface area contributed by atoms with Crippen LogP contribution in [-0.4, -0.2) is 25.6 Å². The molecule has 0 saturated heterocycles. The molecule has 0 bridgehead atoms. The van der Waals surface area contributed by atoms with E-state index < -0.39 is 5.76 Å². The van der Waals surface area contributed by atoms with Crippen LogP contribution in [0, 0.1) is 0 Å². The van der Waals surface area contributed by atoms with Gasteiger partial charge in [-0.2, -0.15) is 0 Å². The largest absolute Gasteiger partial charge is 0.439 e. The van der Waals surface area contributed by atoms with Crippen LogP contribution in [0.3, 0.4) is 0 Å². The zero-order chi connectivity index (χ0) is 22.9. The van der Waals surface area contributed by atoms with Crippen LogP contribution in [0.5, 0.6) is 0 Å². The number of halogens is 2. The number of nitrogens with one attached hydrogen (secondary N) is 2. The zero-order valence-electron chi connectivity index (χ0n) is 16.9. The Labute approximate surface area is 196 Å². The van der Waals surface area contributed by atoms with Crippen molar-refractivity contribution in [3.05, 3.63) is 98.8 Å². The lowest BCUT2D eigenvalue weighted by atomic mass is 10.1. The van der Waals surface area contributed by atoms with Crippen LogP contribution >= 0.6 is 23.2 Å². The third-order valence-corrected chi connectivity index (χ3v) is 5.72. The van der Waals surface area contributed by atoms with Crippen LogP contribution in [0.15, 0.2) is 76.4 Å². The maximum Gasteiger partial charge on any atom is 0.439 e. The highest BCUT2D eigenvalue weighted by atomic mass is 35.5. The fourth-order valence-corrected chi connectivity index (χ4v) is 3.97.